The van der Waals surface area contributed by atoms with E-state index in [0.29, 0.717) is 24.5 Å². The number of sulfonamides is 1. The lowest BCUT2D eigenvalue weighted by atomic mass is 10.2. The number of piperazine rings is 1. The Hall–Kier alpha value is -1.94. The lowest BCUT2D eigenvalue weighted by Crippen LogP contribution is -2.49. The van der Waals surface area contributed by atoms with E-state index >= 15 is 0 Å². The maximum Gasteiger partial charge on any atom is 0.287 e. The summed E-state index contributed by atoms with van der Waals surface area (Å²) in [5, 5.41) is 11.0. The van der Waals surface area contributed by atoms with Crippen molar-refractivity contribution in [3.63, 3.8) is 0 Å². The van der Waals surface area contributed by atoms with Crippen LogP contribution in [-0.2, 0) is 10.0 Å². The Kier molecular flexibility index (Phi) is 5.57. The summed E-state index contributed by atoms with van der Waals surface area (Å²) < 4.78 is 27.1. The highest BCUT2D eigenvalue weighted by Gasteiger charge is 2.32. The predicted molar refractivity (Wildman–Crippen MR) is 103 cm³/mol. The van der Waals surface area contributed by atoms with Crippen molar-refractivity contribution in [1.82, 2.24) is 9.29 Å². The molecule has 3 rings (SSSR count). The molecule has 0 spiro atoms. The highest BCUT2D eigenvalue weighted by atomic mass is 35.5. The van der Waals surface area contributed by atoms with Gasteiger partial charge in [-0.3, -0.25) is 10.1 Å². The minimum absolute atomic E-state index is 0.0779. The number of hydrogen-bond donors (Lipinski definition) is 0. The van der Waals surface area contributed by atoms with Crippen LogP contribution in [0.5, 0.6) is 0 Å². The molecule has 0 bridgehead atoms. The Balaban J connectivity index is 1.78. The molecule has 1 aliphatic rings. The summed E-state index contributed by atoms with van der Waals surface area (Å²) in [6.07, 6.45) is 1.20. The summed E-state index contributed by atoms with van der Waals surface area (Å²) >= 11 is 12.1. The number of benzene rings is 1. The molecule has 1 aromatic heterocycles. The number of anilines is 1. The van der Waals surface area contributed by atoms with E-state index in [1.165, 1.54) is 28.7 Å². The maximum absolute atomic E-state index is 12.9. The van der Waals surface area contributed by atoms with Crippen molar-refractivity contribution in [1.29, 1.82) is 0 Å². The Labute approximate surface area is 166 Å². The number of halogens is 2. The normalized spacial score (nSPS) is 15.7. The molecule has 0 N–H and O–H groups in total. The van der Waals surface area contributed by atoms with Gasteiger partial charge in [0.2, 0.25) is 10.0 Å². The quantitative estimate of drug-likeness (QED) is 0.545. The van der Waals surface area contributed by atoms with E-state index in [-0.39, 0.29) is 33.7 Å². The van der Waals surface area contributed by atoms with Crippen LogP contribution in [0.1, 0.15) is 5.56 Å². The first-order valence-electron chi connectivity index (χ1n) is 8.02. The van der Waals surface area contributed by atoms with Crippen LogP contribution in [0.2, 0.25) is 10.0 Å². The molecule has 0 unspecified atom stereocenters. The Morgan fingerprint density at radius 3 is 2.26 bits per heavy atom. The van der Waals surface area contributed by atoms with Gasteiger partial charge in [0.15, 0.2) is 0 Å². The molecule has 0 atom stereocenters. The molecule has 144 valence electrons. The molecule has 0 radical (unpaired) electrons. The van der Waals surface area contributed by atoms with Crippen LogP contribution < -0.4 is 4.90 Å². The first-order valence-corrected chi connectivity index (χ1v) is 10.2. The van der Waals surface area contributed by atoms with E-state index in [4.69, 9.17) is 23.2 Å². The zero-order valence-corrected chi connectivity index (χ0v) is 16.6. The van der Waals surface area contributed by atoms with Crippen LogP contribution in [0.3, 0.4) is 0 Å². The van der Waals surface area contributed by atoms with E-state index in [1.54, 1.807) is 13.0 Å². The zero-order valence-electron chi connectivity index (χ0n) is 14.3. The number of aryl methyl sites for hydroxylation is 1. The van der Waals surface area contributed by atoms with Crippen molar-refractivity contribution in [2.45, 2.75) is 11.8 Å². The average molecular weight is 431 g/mol. The largest absolute Gasteiger partial charge is 0.354 e. The third-order valence-electron chi connectivity index (χ3n) is 4.30. The Bertz CT molecular complexity index is 972. The van der Waals surface area contributed by atoms with Crippen molar-refractivity contribution in [2.75, 3.05) is 31.1 Å². The monoisotopic (exact) mass is 430 g/mol. The second-order valence-corrected chi connectivity index (χ2v) is 8.72. The molecule has 1 aliphatic heterocycles. The first kappa shape index (κ1) is 19.8. The van der Waals surface area contributed by atoms with Crippen LogP contribution >= 0.6 is 23.2 Å². The number of aromatic nitrogens is 1. The number of pyridine rings is 1. The summed E-state index contributed by atoms with van der Waals surface area (Å²) in [5.74, 6) is 0.605. The van der Waals surface area contributed by atoms with Gasteiger partial charge in [-0.25, -0.2) is 13.4 Å². The molecule has 11 heteroatoms. The van der Waals surface area contributed by atoms with Crippen LogP contribution in [0.15, 0.2) is 35.4 Å². The van der Waals surface area contributed by atoms with E-state index < -0.39 is 14.9 Å². The SMILES string of the molecule is Cc1cc([N+](=O)[O-])cnc1N1CCN(S(=O)(=O)c2c(Cl)cccc2Cl)CC1. The lowest BCUT2D eigenvalue weighted by Gasteiger charge is -2.35. The number of nitro groups is 1. The molecule has 2 aromatic rings. The summed E-state index contributed by atoms with van der Waals surface area (Å²) in [5.41, 5.74) is 0.584. The number of rotatable bonds is 4. The summed E-state index contributed by atoms with van der Waals surface area (Å²) in [6.45, 7) is 2.98. The zero-order chi connectivity index (χ0) is 19.8. The molecular formula is C16H16Cl2N4O4S. The molecule has 1 fully saturated rings. The minimum atomic E-state index is -3.82. The average Bonchev–Trinajstić information content (AvgIpc) is 2.61. The van der Waals surface area contributed by atoms with E-state index in [2.05, 4.69) is 4.98 Å². The molecule has 1 saturated heterocycles. The number of nitrogens with zero attached hydrogens (tertiary/aromatic N) is 4. The van der Waals surface area contributed by atoms with E-state index in [9.17, 15) is 18.5 Å². The van der Waals surface area contributed by atoms with Crippen LogP contribution in [-0.4, -0.2) is 48.8 Å². The van der Waals surface area contributed by atoms with Crippen molar-refractivity contribution < 1.29 is 13.3 Å². The lowest BCUT2D eigenvalue weighted by molar-refractivity contribution is -0.385. The molecular weight excluding hydrogens is 415 g/mol. The first-order chi connectivity index (χ1) is 12.7. The van der Waals surface area contributed by atoms with Gasteiger partial charge in [0, 0.05) is 32.2 Å². The standard InChI is InChI=1S/C16H16Cl2N4O4S/c1-11-9-12(22(23)24)10-19-16(11)20-5-7-21(8-6-20)27(25,26)15-13(17)3-2-4-14(15)18/h2-4,9-10H,5-8H2,1H3. The highest BCUT2D eigenvalue weighted by molar-refractivity contribution is 7.89. The fraction of sp³-hybridized carbons (Fsp3) is 0.312. The second-order valence-electron chi connectivity index (χ2n) is 6.03. The third-order valence-corrected chi connectivity index (χ3v) is 7.16. The van der Waals surface area contributed by atoms with Crippen LogP contribution in [0.25, 0.3) is 0 Å². The highest BCUT2D eigenvalue weighted by Crippen LogP contribution is 2.32. The molecule has 8 nitrogen and oxygen atoms in total. The van der Waals surface area contributed by atoms with E-state index in [0.717, 1.165) is 0 Å². The predicted octanol–water partition coefficient (Wildman–Crippen LogP) is 3.12. The fourth-order valence-corrected chi connectivity index (χ4v) is 5.50. The van der Waals surface area contributed by atoms with Gasteiger partial charge in [0.05, 0.1) is 15.0 Å². The summed E-state index contributed by atoms with van der Waals surface area (Å²) in [4.78, 5) is 16.3. The topological polar surface area (TPSA) is 96.7 Å². The van der Waals surface area contributed by atoms with Crippen molar-refractivity contribution >= 4 is 44.7 Å². The second kappa shape index (κ2) is 7.59. The van der Waals surface area contributed by atoms with E-state index in [1.807, 2.05) is 4.90 Å². The van der Waals surface area contributed by atoms with Gasteiger partial charge in [-0.15, -0.1) is 0 Å². The smallest absolute Gasteiger partial charge is 0.287 e. The van der Waals surface area contributed by atoms with Gasteiger partial charge in [-0.05, 0) is 24.6 Å². The van der Waals surface area contributed by atoms with Gasteiger partial charge < -0.3 is 4.90 Å². The molecule has 0 saturated carbocycles. The fourth-order valence-electron chi connectivity index (χ4n) is 2.98. The van der Waals surface area contributed by atoms with Crippen LogP contribution in [0, 0.1) is 17.0 Å². The molecule has 2 heterocycles. The van der Waals surface area contributed by atoms with Gasteiger partial charge >= 0.3 is 0 Å². The molecule has 27 heavy (non-hydrogen) atoms. The third kappa shape index (κ3) is 3.86. The molecule has 1 aromatic carbocycles. The summed E-state index contributed by atoms with van der Waals surface area (Å²) in [7, 11) is -3.82. The number of hydrogen-bond acceptors (Lipinski definition) is 6. The van der Waals surface area contributed by atoms with Crippen molar-refractivity contribution in [3.05, 3.63) is 56.2 Å². The van der Waals surface area contributed by atoms with Gasteiger partial charge in [0.1, 0.15) is 16.9 Å². The Morgan fingerprint density at radius 1 is 1.15 bits per heavy atom. The maximum atomic E-state index is 12.9. The summed E-state index contributed by atoms with van der Waals surface area (Å²) in [6, 6.07) is 6.01. The van der Waals surface area contributed by atoms with Crippen molar-refractivity contribution in [3.8, 4) is 0 Å². The molecule has 0 aliphatic carbocycles. The van der Waals surface area contributed by atoms with Crippen molar-refractivity contribution in [2.24, 2.45) is 0 Å². The van der Waals surface area contributed by atoms with Crippen LogP contribution in [0.4, 0.5) is 11.5 Å². The van der Waals surface area contributed by atoms with Gasteiger partial charge in [-0.2, -0.15) is 4.31 Å². The van der Waals surface area contributed by atoms with Gasteiger partial charge in [0.25, 0.3) is 5.69 Å². The minimum Gasteiger partial charge on any atom is -0.354 e. The Morgan fingerprint density at radius 2 is 1.74 bits per heavy atom. The molecule has 0 amide bonds. The van der Waals surface area contributed by atoms with Gasteiger partial charge in [-0.1, -0.05) is 29.3 Å².